The van der Waals surface area contributed by atoms with Crippen LogP contribution in [0.1, 0.15) is 43.0 Å². The van der Waals surface area contributed by atoms with E-state index < -0.39 is 0 Å². The number of piperidine rings is 1. The van der Waals surface area contributed by atoms with E-state index in [9.17, 15) is 9.90 Å². The molecule has 2 fully saturated rings. The number of aliphatic hydroxyl groups is 1. The molecule has 1 aromatic heterocycles. The highest BCUT2D eigenvalue weighted by Crippen LogP contribution is 2.49. The molecule has 0 bridgehead atoms. The molecule has 1 saturated heterocycles. The van der Waals surface area contributed by atoms with Crippen LogP contribution in [0.2, 0.25) is 0 Å². The Labute approximate surface area is 113 Å². The lowest BCUT2D eigenvalue weighted by Crippen LogP contribution is -2.53. The molecule has 1 amide bonds. The molecule has 0 radical (unpaired) electrons. The molecule has 2 aliphatic rings. The summed E-state index contributed by atoms with van der Waals surface area (Å²) in [5.41, 5.74) is 0.789. The van der Waals surface area contributed by atoms with Crippen molar-refractivity contribution in [1.82, 2.24) is 14.7 Å². The summed E-state index contributed by atoms with van der Waals surface area (Å²) in [5, 5.41) is 14.0. The van der Waals surface area contributed by atoms with E-state index in [4.69, 9.17) is 0 Å². The van der Waals surface area contributed by atoms with Crippen molar-refractivity contribution in [3.05, 3.63) is 18.0 Å². The molecule has 1 spiro atoms. The standard InChI is InChI=1S/C14H21N3O2/c1-2-17-10-11(9-15-17)13(19)16-7-5-14(6-8-16)4-3-12(14)18/h9-10,12,18H,2-8H2,1H3. The molecule has 1 N–H and O–H groups in total. The summed E-state index contributed by atoms with van der Waals surface area (Å²) in [6.07, 6.45) is 7.22. The van der Waals surface area contributed by atoms with Crippen molar-refractivity contribution < 1.29 is 9.90 Å². The lowest BCUT2D eigenvalue weighted by Gasteiger charge is -2.51. The van der Waals surface area contributed by atoms with Gasteiger partial charge in [0.25, 0.3) is 5.91 Å². The zero-order valence-electron chi connectivity index (χ0n) is 11.4. The van der Waals surface area contributed by atoms with Gasteiger partial charge in [0.1, 0.15) is 0 Å². The zero-order valence-corrected chi connectivity index (χ0v) is 11.4. The molecule has 0 aromatic carbocycles. The van der Waals surface area contributed by atoms with E-state index in [0.29, 0.717) is 5.56 Å². The predicted octanol–water partition coefficient (Wildman–Crippen LogP) is 1.28. The maximum absolute atomic E-state index is 12.3. The van der Waals surface area contributed by atoms with Gasteiger partial charge in [-0.25, -0.2) is 0 Å². The van der Waals surface area contributed by atoms with Crippen LogP contribution in [-0.4, -0.2) is 44.9 Å². The van der Waals surface area contributed by atoms with Crippen molar-refractivity contribution >= 4 is 5.91 Å². The fourth-order valence-corrected chi connectivity index (χ4v) is 3.25. The molecule has 3 rings (SSSR count). The van der Waals surface area contributed by atoms with Gasteiger partial charge in [-0.3, -0.25) is 9.48 Å². The highest BCUT2D eigenvalue weighted by molar-refractivity contribution is 5.93. The smallest absolute Gasteiger partial charge is 0.257 e. The summed E-state index contributed by atoms with van der Waals surface area (Å²) in [4.78, 5) is 14.2. The van der Waals surface area contributed by atoms with Crippen LogP contribution >= 0.6 is 0 Å². The van der Waals surface area contributed by atoms with E-state index >= 15 is 0 Å². The van der Waals surface area contributed by atoms with E-state index in [-0.39, 0.29) is 17.4 Å². The van der Waals surface area contributed by atoms with Gasteiger partial charge in [0.15, 0.2) is 0 Å². The normalized spacial score (nSPS) is 25.4. The number of nitrogens with zero attached hydrogens (tertiary/aromatic N) is 3. The van der Waals surface area contributed by atoms with E-state index in [1.54, 1.807) is 10.9 Å². The Morgan fingerprint density at radius 1 is 1.47 bits per heavy atom. The lowest BCUT2D eigenvalue weighted by atomic mass is 9.61. The van der Waals surface area contributed by atoms with Crippen LogP contribution in [0.4, 0.5) is 0 Å². The quantitative estimate of drug-likeness (QED) is 0.874. The Morgan fingerprint density at radius 3 is 2.68 bits per heavy atom. The molecule has 19 heavy (non-hydrogen) atoms. The molecular formula is C14H21N3O2. The average Bonchev–Trinajstić information content (AvgIpc) is 2.94. The van der Waals surface area contributed by atoms with Gasteiger partial charge < -0.3 is 10.0 Å². The van der Waals surface area contributed by atoms with Gasteiger partial charge in [-0.2, -0.15) is 5.10 Å². The number of carbonyl (C=O) groups excluding carboxylic acids is 1. The van der Waals surface area contributed by atoms with Crippen LogP contribution in [0.3, 0.4) is 0 Å². The van der Waals surface area contributed by atoms with Gasteiger partial charge in [0, 0.05) is 25.8 Å². The maximum atomic E-state index is 12.3. The summed E-state index contributed by atoms with van der Waals surface area (Å²) in [6.45, 7) is 4.30. The number of rotatable bonds is 2. The second-order valence-electron chi connectivity index (χ2n) is 5.79. The maximum Gasteiger partial charge on any atom is 0.257 e. The molecule has 2 heterocycles. The number of aryl methyl sites for hydroxylation is 1. The van der Waals surface area contributed by atoms with Gasteiger partial charge in [0.2, 0.25) is 0 Å². The molecular weight excluding hydrogens is 242 g/mol. The van der Waals surface area contributed by atoms with Crippen molar-refractivity contribution in [3.8, 4) is 0 Å². The fraction of sp³-hybridized carbons (Fsp3) is 0.714. The molecule has 1 saturated carbocycles. The SMILES string of the molecule is CCn1cc(C(=O)N2CCC3(CCC3O)CC2)cn1. The largest absolute Gasteiger partial charge is 0.393 e. The third-order valence-electron chi connectivity index (χ3n) is 4.87. The summed E-state index contributed by atoms with van der Waals surface area (Å²) in [6, 6.07) is 0. The van der Waals surface area contributed by atoms with Crippen LogP contribution in [0.25, 0.3) is 0 Å². The van der Waals surface area contributed by atoms with Crippen molar-refractivity contribution in [3.63, 3.8) is 0 Å². The van der Waals surface area contributed by atoms with Crippen molar-refractivity contribution in [1.29, 1.82) is 0 Å². The first-order chi connectivity index (χ1) is 9.14. The average molecular weight is 263 g/mol. The molecule has 5 nitrogen and oxygen atoms in total. The van der Waals surface area contributed by atoms with E-state index in [1.165, 1.54) is 0 Å². The first-order valence-electron chi connectivity index (χ1n) is 7.14. The summed E-state index contributed by atoms with van der Waals surface area (Å²) in [7, 11) is 0. The summed E-state index contributed by atoms with van der Waals surface area (Å²) < 4.78 is 1.77. The molecule has 1 aromatic rings. The molecule has 1 unspecified atom stereocenters. The number of aromatic nitrogens is 2. The Morgan fingerprint density at radius 2 is 2.21 bits per heavy atom. The lowest BCUT2D eigenvalue weighted by molar-refractivity contribution is -0.0952. The number of carbonyl (C=O) groups is 1. The summed E-state index contributed by atoms with van der Waals surface area (Å²) >= 11 is 0. The van der Waals surface area contributed by atoms with Crippen molar-refractivity contribution in [2.24, 2.45) is 5.41 Å². The van der Waals surface area contributed by atoms with Crippen LogP contribution in [0.15, 0.2) is 12.4 Å². The van der Waals surface area contributed by atoms with Gasteiger partial charge >= 0.3 is 0 Å². The molecule has 5 heteroatoms. The monoisotopic (exact) mass is 263 g/mol. The van der Waals surface area contributed by atoms with Gasteiger partial charge in [-0.1, -0.05) is 0 Å². The number of hydrogen-bond donors (Lipinski definition) is 1. The molecule has 1 atom stereocenters. The second-order valence-corrected chi connectivity index (χ2v) is 5.79. The van der Waals surface area contributed by atoms with Crippen molar-refractivity contribution in [2.75, 3.05) is 13.1 Å². The van der Waals surface area contributed by atoms with Crippen LogP contribution < -0.4 is 0 Å². The van der Waals surface area contributed by atoms with E-state index in [1.807, 2.05) is 18.0 Å². The Balaban J connectivity index is 1.63. The van der Waals surface area contributed by atoms with Gasteiger partial charge in [-0.05, 0) is 38.0 Å². The highest BCUT2D eigenvalue weighted by atomic mass is 16.3. The van der Waals surface area contributed by atoms with Crippen LogP contribution in [0, 0.1) is 5.41 Å². The van der Waals surface area contributed by atoms with Gasteiger partial charge in [-0.15, -0.1) is 0 Å². The molecule has 104 valence electrons. The Bertz CT molecular complexity index is 475. The topological polar surface area (TPSA) is 58.4 Å². The second kappa shape index (κ2) is 4.63. The summed E-state index contributed by atoms with van der Waals surface area (Å²) in [5.74, 6) is 0.0726. The fourth-order valence-electron chi connectivity index (χ4n) is 3.25. The molecule has 1 aliphatic heterocycles. The van der Waals surface area contributed by atoms with Crippen LogP contribution in [0.5, 0.6) is 0 Å². The zero-order chi connectivity index (χ0) is 13.5. The van der Waals surface area contributed by atoms with Gasteiger partial charge in [0.05, 0.1) is 17.9 Å². The van der Waals surface area contributed by atoms with Crippen LogP contribution in [-0.2, 0) is 6.54 Å². The first-order valence-corrected chi connectivity index (χ1v) is 7.14. The number of hydrogen-bond acceptors (Lipinski definition) is 3. The minimum atomic E-state index is -0.146. The molecule has 1 aliphatic carbocycles. The minimum Gasteiger partial charge on any atom is -0.393 e. The first kappa shape index (κ1) is 12.7. The van der Waals surface area contributed by atoms with Crippen molar-refractivity contribution in [2.45, 2.75) is 45.3 Å². The Hall–Kier alpha value is -1.36. The third kappa shape index (κ3) is 2.06. The number of amides is 1. The highest BCUT2D eigenvalue weighted by Gasteiger charge is 2.47. The minimum absolute atomic E-state index is 0.0726. The third-order valence-corrected chi connectivity index (χ3v) is 4.87. The number of likely N-dealkylation sites (tertiary alicyclic amines) is 1. The predicted molar refractivity (Wildman–Crippen MR) is 70.7 cm³/mol. The number of aliphatic hydroxyl groups excluding tert-OH is 1. The van der Waals surface area contributed by atoms with E-state index in [2.05, 4.69) is 5.10 Å². The van der Waals surface area contributed by atoms with E-state index in [0.717, 1.165) is 45.3 Å². The Kier molecular flexibility index (Phi) is 3.09.